The summed E-state index contributed by atoms with van der Waals surface area (Å²) in [5, 5.41) is 5.20. The number of carbonyl (C=O) groups excluding carboxylic acids is 3. The summed E-state index contributed by atoms with van der Waals surface area (Å²) in [4.78, 5) is 36.9. The minimum atomic E-state index is -0.502. The van der Waals surface area contributed by atoms with E-state index in [1.807, 2.05) is 0 Å². The molecule has 2 aromatic carbocycles. The summed E-state index contributed by atoms with van der Waals surface area (Å²) in [6.45, 7) is 1.78. The van der Waals surface area contributed by atoms with Crippen LogP contribution >= 0.6 is 0 Å². The number of imide groups is 1. The molecule has 0 unspecified atom stereocenters. The predicted molar refractivity (Wildman–Crippen MR) is 92.7 cm³/mol. The van der Waals surface area contributed by atoms with E-state index in [1.165, 1.54) is 6.07 Å². The highest BCUT2D eigenvalue weighted by molar-refractivity contribution is 6.02. The molecule has 1 atom stereocenters. The van der Waals surface area contributed by atoms with Crippen LogP contribution in [-0.2, 0) is 11.3 Å². The predicted octanol–water partition coefficient (Wildman–Crippen LogP) is 2.37. The van der Waals surface area contributed by atoms with Crippen LogP contribution in [0.5, 0.6) is 0 Å². The highest BCUT2D eigenvalue weighted by Crippen LogP contribution is 2.17. The van der Waals surface area contributed by atoms with E-state index in [0.717, 1.165) is 4.90 Å². The van der Waals surface area contributed by atoms with Crippen molar-refractivity contribution >= 4 is 17.8 Å². The molecule has 0 aliphatic carbocycles. The van der Waals surface area contributed by atoms with Crippen molar-refractivity contribution in [3.05, 3.63) is 71.0 Å². The van der Waals surface area contributed by atoms with E-state index in [-0.39, 0.29) is 30.7 Å². The normalized spacial score (nSPS) is 14.9. The summed E-state index contributed by atoms with van der Waals surface area (Å²) < 4.78 is 13.8. The zero-order valence-electron chi connectivity index (χ0n) is 14.2. The smallest absolute Gasteiger partial charge is 0.324 e. The second kappa shape index (κ2) is 7.35. The summed E-state index contributed by atoms with van der Waals surface area (Å²) in [6.07, 6.45) is 0. The third kappa shape index (κ3) is 3.72. The van der Waals surface area contributed by atoms with Crippen molar-refractivity contribution in [1.82, 2.24) is 15.5 Å². The molecule has 1 heterocycles. The first-order chi connectivity index (χ1) is 12.5. The zero-order valence-corrected chi connectivity index (χ0v) is 14.2. The topological polar surface area (TPSA) is 78.5 Å². The van der Waals surface area contributed by atoms with Gasteiger partial charge in [0.25, 0.3) is 5.91 Å². The number of hydrogen-bond acceptors (Lipinski definition) is 3. The Morgan fingerprint density at radius 3 is 2.69 bits per heavy atom. The number of nitrogens with one attached hydrogen (secondary N) is 2. The second-order valence-electron chi connectivity index (χ2n) is 6.06. The van der Waals surface area contributed by atoms with Gasteiger partial charge in [0.1, 0.15) is 5.82 Å². The summed E-state index contributed by atoms with van der Waals surface area (Å²) in [6, 6.07) is 12.0. The van der Waals surface area contributed by atoms with Gasteiger partial charge in [0.2, 0.25) is 5.91 Å². The molecule has 0 bridgehead atoms. The van der Waals surface area contributed by atoms with Crippen molar-refractivity contribution in [2.24, 2.45) is 0 Å². The maximum Gasteiger partial charge on any atom is 0.324 e. The number of nitrogens with zero attached hydrogens (tertiary/aromatic N) is 1. The van der Waals surface area contributed by atoms with E-state index >= 15 is 0 Å². The van der Waals surface area contributed by atoms with Crippen LogP contribution in [0.4, 0.5) is 9.18 Å². The number of rotatable bonds is 5. The van der Waals surface area contributed by atoms with E-state index in [0.29, 0.717) is 16.7 Å². The summed E-state index contributed by atoms with van der Waals surface area (Å²) in [5.74, 6) is -1.05. The fourth-order valence-corrected chi connectivity index (χ4v) is 2.79. The minimum absolute atomic E-state index is 0.0147. The van der Waals surface area contributed by atoms with Crippen molar-refractivity contribution in [3.63, 3.8) is 0 Å². The number of urea groups is 1. The van der Waals surface area contributed by atoms with Crippen LogP contribution in [0.3, 0.4) is 0 Å². The molecule has 1 fully saturated rings. The van der Waals surface area contributed by atoms with Crippen LogP contribution in [0.2, 0.25) is 0 Å². The van der Waals surface area contributed by atoms with Crippen LogP contribution in [0.25, 0.3) is 0 Å². The maximum absolute atomic E-state index is 13.8. The summed E-state index contributed by atoms with van der Waals surface area (Å²) >= 11 is 0. The molecule has 1 aliphatic heterocycles. The Morgan fingerprint density at radius 1 is 1.23 bits per heavy atom. The van der Waals surface area contributed by atoms with E-state index in [4.69, 9.17) is 0 Å². The number of benzene rings is 2. The highest BCUT2D eigenvalue weighted by Gasteiger charge is 2.28. The molecule has 0 spiro atoms. The summed E-state index contributed by atoms with van der Waals surface area (Å²) in [5.41, 5.74) is 1.43. The van der Waals surface area contributed by atoms with Gasteiger partial charge in [-0.3, -0.25) is 14.5 Å². The fraction of sp³-hybridized carbons (Fsp3) is 0.211. The molecule has 4 amide bonds. The van der Waals surface area contributed by atoms with Crippen LogP contribution in [0.1, 0.15) is 34.5 Å². The molecule has 26 heavy (non-hydrogen) atoms. The van der Waals surface area contributed by atoms with Gasteiger partial charge in [-0.05, 0) is 30.7 Å². The Hall–Kier alpha value is -3.22. The Kier molecular flexibility index (Phi) is 4.97. The van der Waals surface area contributed by atoms with Crippen LogP contribution in [0, 0.1) is 5.82 Å². The maximum atomic E-state index is 13.8. The van der Waals surface area contributed by atoms with Gasteiger partial charge in [-0.25, -0.2) is 9.18 Å². The molecule has 2 aromatic rings. The molecule has 0 aromatic heterocycles. The van der Waals surface area contributed by atoms with E-state index < -0.39 is 12.1 Å². The van der Waals surface area contributed by atoms with E-state index in [9.17, 15) is 18.8 Å². The van der Waals surface area contributed by atoms with Gasteiger partial charge >= 0.3 is 6.03 Å². The van der Waals surface area contributed by atoms with Crippen molar-refractivity contribution in [2.45, 2.75) is 19.5 Å². The molecule has 0 radical (unpaired) electrons. The SMILES string of the molecule is C[C@H](NC(=O)c1cccc(CN2C(=O)CNC2=O)c1)c1ccccc1F. The first-order valence-corrected chi connectivity index (χ1v) is 8.18. The molecular weight excluding hydrogens is 337 g/mol. The highest BCUT2D eigenvalue weighted by atomic mass is 19.1. The lowest BCUT2D eigenvalue weighted by molar-refractivity contribution is -0.125. The Morgan fingerprint density at radius 2 is 2.00 bits per heavy atom. The largest absolute Gasteiger partial charge is 0.345 e. The molecule has 2 N–H and O–H groups in total. The van der Waals surface area contributed by atoms with Gasteiger partial charge in [0.05, 0.1) is 19.1 Å². The summed E-state index contributed by atoms with van der Waals surface area (Å²) in [7, 11) is 0. The van der Waals surface area contributed by atoms with Gasteiger partial charge < -0.3 is 10.6 Å². The Balaban J connectivity index is 1.71. The number of amides is 4. The molecule has 7 heteroatoms. The van der Waals surface area contributed by atoms with E-state index in [2.05, 4.69) is 10.6 Å². The third-order valence-electron chi connectivity index (χ3n) is 4.19. The van der Waals surface area contributed by atoms with Crippen LogP contribution in [-0.4, -0.2) is 29.3 Å². The molecule has 3 rings (SSSR count). The quantitative estimate of drug-likeness (QED) is 0.808. The number of carbonyl (C=O) groups is 3. The standard InChI is InChI=1S/C19H18FN3O3/c1-12(15-7-2-3-8-16(15)20)22-18(25)14-6-4-5-13(9-14)11-23-17(24)10-21-19(23)26/h2-9,12H,10-11H2,1H3,(H,21,26)(H,22,25)/t12-/m0/s1. The van der Waals surface area contributed by atoms with E-state index in [1.54, 1.807) is 49.4 Å². The fourth-order valence-electron chi connectivity index (χ4n) is 2.79. The van der Waals surface area contributed by atoms with Crippen LogP contribution in [0.15, 0.2) is 48.5 Å². The first-order valence-electron chi connectivity index (χ1n) is 8.18. The van der Waals surface area contributed by atoms with Gasteiger partial charge in [0.15, 0.2) is 0 Å². The number of hydrogen-bond donors (Lipinski definition) is 2. The Bertz CT molecular complexity index is 853. The minimum Gasteiger partial charge on any atom is -0.345 e. The van der Waals surface area contributed by atoms with Crippen molar-refractivity contribution in [1.29, 1.82) is 0 Å². The van der Waals surface area contributed by atoms with Gasteiger partial charge in [0, 0.05) is 11.1 Å². The molecule has 0 saturated carbocycles. The molecular formula is C19H18FN3O3. The molecule has 134 valence electrons. The van der Waals surface area contributed by atoms with Crippen molar-refractivity contribution in [2.75, 3.05) is 6.54 Å². The lowest BCUT2D eigenvalue weighted by atomic mass is 10.1. The molecule has 6 nitrogen and oxygen atoms in total. The monoisotopic (exact) mass is 355 g/mol. The van der Waals surface area contributed by atoms with Gasteiger partial charge in [-0.15, -0.1) is 0 Å². The zero-order chi connectivity index (χ0) is 18.7. The van der Waals surface area contributed by atoms with Crippen molar-refractivity contribution in [3.8, 4) is 0 Å². The lowest BCUT2D eigenvalue weighted by Gasteiger charge is -2.16. The average molecular weight is 355 g/mol. The van der Waals surface area contributed by atoms with Crippen LogP contribution < -0.4 is 10.6 Å². The van der Waals surface area contributed by atoms with Gasteiger partial charge in [-0.2, -0.15) is 0 Å². The molecule has 1 saturated heterocycles. The Labute approximate surface area is 150 Å². The first kappa shape index (κ1) is 17.6. The second-order valence-corrected chi connectivity index (χ2v) is 6.06. The van der Waals surface area contributed by atoms with Gasteiger partial charge in [-0.1, -0.05) is 30.3 Å². The third-order valence-corrected chi connectivity index (χ3v) is 4.19. The number of halogens is 1. The average Bonchev–Trinajstić information content (AvgIpc) is 2.94. The lowest BCUT2D eigenvalue weighted by Crippen LogP contribution is -2.30. The van der Waals surface area contributed by atoms with Crippen molar-refractivity contribution < 1.29 is 18.8 Å². The molecule has 1 aliphatic rings.